The number of hydroxylamine groups is 2. The molecule has 0 aliphatic heterocycles. The lowest BCUT2D eigenvalue weighted by atomic mass is 10.3. The van der Waals surface area contributed by atoms with Gasteiger partial charge in [-0.2, -0.15) is 0 Å². The summed E-state index contributed by atoms with van der Waals surface area (Å²) in [4.78, 5) is 16.1. The molecule has 3 rings (SSSR count). The van der Waals surface area contributed by atoms with E-state index >= 15 is 0 Å². The van der Waals surface area contributed by atoms with E-state index in [2.05, 4.69) is 4.99 Å². The monoisotopic (exact) mass is 507 g/mol. The van der Waals surface area contributed by atoms with Crippen LogP contribution in [0.4, 0.5) is 17.1 Å². The number of ether oxygens (including phenoxy) is 2. The molecule has 37 heavy (non-hydrogen) atoms. The van der Waals surface area contributed by atoms with Gasteiger partial charge in [-0.15, -0.1) is 0 Å². The van der Waals surface area contributed by atoms with E-state index in [1.165, 1.54) is 0 Å². The molecule has 0 fully saturated rings. The third kappa shape index (κ3) is 10.1. The molecule has 0 spiro atoms. The molecule has 3 aromatic rings. The van der Waals surface area contributed by atoms with Crippen LogP contribution >= 0.6 is 0 Å². The van der Waals surface area contributed by atoms with Crippen LogP contribution in [0.5, 0.6) is 11.5 Å². The van der Waals surface area contributed by atoms with Crippen LogP contribution in [0.2, 0.25) is 0 Å². The minimum Gasteiger partial charge on any atom is -0.492 e. The molecule has 0 atom stereocenters. The normalized spacial score (nSPS) is 10.1. The highest BCUT2D eigenvalue weighted by molar-refractivity contribution is 5.81. The Morgan fingerprint density at radius 3 is 1.43 bits per heavy atom. The van der Waals surface area contributed by atoms with Crippen molar-refractivity contribution in [2.75, 3.05) is 43.2 Å². The van der Waals surface area contributed by atoms with Crippen molar-refractivity contribution in [3.8, 4) is 11.5 Å². The van der Waals surface area contributed by atoms with Crippen molar-refractivity contribution in [3.05, 3.63) is 78.9 Å². The molecule has 0 aromatic heterocycles. The van der Waals surface area contributed by atoms with Crippen LogP contribution in [-0.2, 0) is 9.68 Å². The molecule has 3 aromatic carbocycles. The zero-order valence-corrected chi connectivity index (χ0v) is 23.0. The fourth-order valence-electron chi connectivity index (χ4n) is 3.44. The molecule has 0 amide bonds. The molecular weight excluding hydrogens is 466 g/mol. The molecular formula is C30H41N3O4. The van der Waals surface area contributed by atoms with Crippen molar-refractivity contribution in [2.24, 2.45) is 4.99 Å². The summed E-state index contributed by atoms with van der Waals surface area (Å²) >= 11 is 0. The van der Waals surface area contributed by atoms with E-state index in [0.29, 0.717) is 33.1 Å². The predicted octanol–water partition coefficient (Wildman–Crippen LogP) is 7.46. The van der Waals surface area contributed by atoms with E-state index in [4.69, 9.17) is 19.1 Å². The summed E-state index contributed by atoms with van der Waals surface area (Å²) in [5.41, 5.74) is 3.81. The Hall–Kier alpha value is -3.55. The van der Waals surface area contributed by atoms with Gasteiger partial charge in [0, 0.05) is 5.71 Å². The number of hydrogen-bond donors (Lipinski definition) is 0. The minimum absolute atomic E-state index is 0.357. The molecule has 7 nitrogen and oxygen atoms in total. The molecule has 0 radical (unpaired) electrons. The summed E-state index contributed by atoms with van der Waals surface area (Å²) in [6, 6.07) is 25.6. The van der Waals surface area contributed by atoms with Gasteiger partial charge in [0.1, 0.15) is 29.5 Å². The van der Waals surface area contributed by atoms with Crippen LogP contribution in [0.15, 0.2) is 83.9 Å². The first-order valence-electron chi connectivity index (χ1n) is 12.8. The van der Waals surface area contributed by atoms with Crippen molar-refractivity contribution in [2.45, 2.75) is 41.5 Å². The number of rotatable bonds is 13. The van der Waals surface area contributed by atoms with Gasteiger partial charge in [0.2, 0.25) is 0 Å². The van der Waals surface area contributed by atoms with E-state index in [1.807, 2.05) is 120 Å². The summed E-state index contributed by atoms with van der Waals surface area (Å²) in [5, 5.41) is 3.56. The van der Waals surface area contributed by atoms with Crippen molar-refractivity contribution in [1.29, 1.82) is 0 Å². The third-order valence-electron chi connectivity index (χ3n) is 4.80. The molecule has 0 N–H and O–H groups in total. The highest BCUT2D eigenvalue weighted by atomic mass is 16.7. The average molecular weight is 508 g/mol. The Labute approximate surface area is 222 Å². The smallest absolute Gasteiger partial charge is 0.145 e. The lowest BCUT2D eigenvalue weighted by molar-refractivity contribution is 0.0661. The lowest BCUT2D eigenvalue weighted by Gasteiger charge is -2.32. The average Bonchev–Trinajstić information content (AvgIpc) is 2.90. The van der Waals surface area contributed by atoms with Gasteiger partial charge in [-0.1, -0.05) is 42.5 Å². The Balaban J connectivity index is 0.000000402. The highest BCUT2D eigenvalue weighted by Gasteiger charge is 2.20. The number of benzene rings is 3. The first kappa shape index (κ1) is 29.7. The van der Waals surface area contributed by atoms with Crippen molar-refractivity contribution >= 4 is 22.8 Å². The molecule has 0 saturated heterocycles. The summed E-state index contributed by atoms with van der Waals surface area (Å²) in [6.45, 7) is 14.4. The van der Waals surface area contributed by atoms with Crippen molar-refractivity contribution in [1.82, 2.24) is 0 Å². The number of nitrogens with zero attached hydrogens (tertiary/aromatic N) is 3. The van der Waals surface area contributed by atoms with E-state index in [1.54, 1.807) is 10.1 Å². The second-order valence-electron chi connectivity index (χ2n) is 7.93. The minimum atomic E-state index is 0.357. The third-order valence-corrected chi connectivity index (χ3v) is 4.80. The number of aliphatic imine (C=N–C) groups is 1. The van der Waals surface area contributed by atoms with Gasteiger partial charge in [-0.25, -0.2) is 10.1 Å². The van der Waals surface area contributed by atoms with E-state index in [9.17, 15) is 0 Å². The maximum atomic E-state index is 5.90. The first-order valence-corrected chi connectivity index (χ1v) is 12.8. The number of para-hydroxylation sites is 5. The molecule has 0 unspecified atom stereocenters. The van der Waals surface area contributed by atoms with E-state index < -0.39 is 0 Å². The lowest BCUT2D eigenvalue weighted by Crippen LogP contribution is -2.39. The van der Waals surface area contributed by atoms with Gasteiger partial charge >= 0.3 is 0 Å². The maximum Gasteiger partial charge on any atom is 0.145 e. The Kier molecular flexibility index (Phi) is 13.6. The largest absolute Gasteiger partial charge is 0.492 e. The fraction of sp³-hybridized carbons (Fsp3) is 0.367. The second-order valence-corrected chi connectivity index (χ2v) is 7.93. The van der Waals surface area contributed by atoms with Crippen molar-refractivity contribution < 1.29 is 19.1 Å². The van der Waals surface area contributed by atoms with E-state index in [0.717, 1.165) is 34.3 Å². The van der Waals surface area contributed by atoms with Crippen LogP contribution in [0, 0.1) is 0 Å². The molecule has 0 aliphatic carbocycles. The molecule has 0 bridgehead atoms. The molecule has 0 heterocycles. The Bertz CT molecular complexity index is 998. The van der Waals surface area contributed by atoms with E-state index in [-0.39, 0.29) is 0 Å². The number of hydrogen-bond acceptors (Lipinski definition) is 7. The summed E-state index contributed by atoms with van der Waals surface area (Å²) in [7, 11) is 0. The van der Waals surface area contributed by atoms with Crippen LogP contribution in [0.3, 0.4) is 0 Å². The van der Waals surface area contributed by atoms with Crippen LogP contribution in [0.25, 0.3) is 0 Å². The van der Waals surface area contributed by atoms with Gasteiger partial charge < -0.3 is 9.47 Å². The molecule has 0 aliphatic rings. The predicted molar refractivity (Wildman–Crippen MR) is 153 cm³/mol. The molecule has 7 heteroatoms. The Morgan fingerprint density at radius 2 is 1.03 bits per heavy atom. The molecule has 200 valence electrons. The summed E-state index contributed by atoms with van der Waals surface area (Å²) in [6.07, 6.45) is 0. The summed E-state index contributed by atoms with van der Waals surface area (Å²) < 4.78 is 11.5. The quantitative estimate of drug-likeness (QED) is 0.136. The van der Waals surface area contributed by atoms with Crippen LogP contribution < -0.4 is 19.6 Å². The van der Waals surface area contributed by atoms with Gasteiger partial charge in [-0.05, 0) is 77.9 Å². The maximum absolute atomic E-state index is 5.90. The van der Waals surface area contributed by atoms with Gasteiger partial charge in [-0.3, -0.25) is 14.7 Å². The standard InChI is InChI=1S/C21H30N2O4.C9H11N/c1-5-24-20-15-11-9-13-18(20)22(26-7-3)17-23(27-8-4)19-14-10-12-16-21(19)25-6-2;1-8(2)10-9-6-4-3-5-7-9/h9-16H,5-8,17H2,1-4H3;3-7H,1-2H3. The highest BCUT2D eigenvalue weighted by Crippen LogP contribution is 2.32. The zero-order chi connectivity index (χ0) is 26.9. The van der Waals surface area contributed by atoms with Gasteiger partial charge in [0.05, 0.1) is 32.1 Å². The summed E-state index contributed by atoms with van der Waals surface area (Å²) in [5.74, 6) is 1.53. The topological polar surface area (TPSA) is 55.8 Å². The van der Waals surface area contributed by atoms with Crippen LogP contribution in [-0.4, -0.2) is 38.8 Å². The fourth-order valence-corrected chi connectivity index (χ4v) is 3.44. The zero-order valence-electron chi connectivity index (χ0n) is 23.0. The SMILES string of the molecule is CC(C)=Nc1ccccc1.CCOc1ccccc1N(CN(OCC)c1ccccc1OCC)OCC. The van der Waals surface area contributed by atoms with Gasteiger partial charge in [0.15, 0.2) is 0 Å². The van der Waals surface area contributed by atoms with Gasteiger partial charge in [0.25, 0.3) is 0 Å². The Morgan fingerprint density at radius 1 is 0.595 bits per heavy atom. The van der Waals surface area contributed by atoms with Crippen LogP contribution in [0.1, 0.15) is 41.5 Å². The number of anilines is 2. The molecule has 0 saturated carbocycles. The second kappa shape index (κ2) is 17.0. The van der Waals surface area contributed by atoms with Crippen molar-refractivity contribution in [3.63, 3.8) is 0 Å². The first-order chi connectivity index (χ1) is 18.0.